The minimum atomic E-state index is -0.288. The minimum Gasteiger partial charge on any atom is -0.497 e. The first-order valence-electron chi connectivity index (χ1n) is 5.78. The summed E-state index contributed by atoms with van der Waals surface area (Å²) < 4.78 is 15.2. The van der Waals surface area contributed by atoms with E-state index in [2.05, 4.69) is 4.74 Å². The maximum absolute atomic E-state index is 11.0. The van der Waals surface area contributed by atoms with Gasteiger partial charge in [0.2, 0.25) is 0 Å². The van der Waals surface area contributed by atoms with Crippen molar-refractivity contribution in [3.63, 3.8) is 0 Å². The van der Waals surface area contributed by atoms with Crippen molar-refractivity contribution in [1.82, 2.24) is 0 Å². The monoisotopic (exact) mass is 253 g/mol. The number of methoxy groups -OCH3 is 2. The molecule has 0 saturated heterocycles. The van der Waals surface area contributed by atoms with Crippen LogP contribution in [0, 0.1) is 0 Å². The molecule has 0 radical (unpaired) electrons. The number of carbonyl (C=O) groups excluding carboxylic acids is 1. The average molecular weight is 253 g/mol. The summed E-state index contributed by atoms with van der Waals surface area (Å²) in [4.78, 5) is 11.0. The van der Waals surface area contributed by atoms with Crippen LogP contribution in [0.5, 0.6) is 11.5 Å². The number of esters is 1. The van der Waals surface area contributed by atoms with Gasteiger partial charge in [-0.3, -0.25) is 4.79 Å². The minimum absolute atomic E-state index is 0.227. The molecule has 0 atom stereocenters. The van der Waals surface area contributed by atoms with Crippen LogP contribution in [0.4, 0.5) is 0 Å². The maximum atomic E-state index is 11.0. The van der Waals surface area contributed by atoms with Gasteiger partial charge in [0.1, 0.15) is 11.5 Å². The van der Waals surface area contributed by atoms with Crippen LogP contribution in [-0.4, -0.2) is 33.3 Å². The molecule has 5 nitrogen and oxygen atoms in total. The van der Waals surface area contributed by atoms with E-state index in [0.717, 1.165) is 17.1 Å². The fourth-order valence-corrected chi connectivity index (χ4v) is 1.52. The van der Waals surface area contributed by atoms with E-state index in [-0.39, 0.29) is 19.0 Å². The molecule has 0 bridgehead atoms. The van der Waals surface area contributed by atoms with E-state index in [1.807, 2.05) is 18.2 Å². The van der Waals surface area contributed by atoms with E-state index in [0.29, 0.717) is 13.0 Å². The predicted molar refractivity (Wildman–Crippen MR) is 67.9 cm³/mol. The second-order valence-electron chi connectivity index (χ2n) is 3.69. The zero-order valence-electron chi connectivity index (χ0n) is 10.8. The molecule has 0 aliphatic rings. The molecule has 100 valence electrons. The summed E-state index contributed by atoms with van der Waals surface area (Å²) >= 11 is 0. The van der Waals surface area contributed by atoms with Crippen LogP contribution in [0.3, 0.4) is 0 Å². The molecule has 5 heteroatoms. The van der Waals surface area contributed by atoms with Crippen LogP contribution in [0.15, 0.2) is 18.2 Å². The summed E-state index contributed by atoms with van der Waals surface area (Å²) in [6.07, 6.45) is 0.926. The highest BCUT2D eigenvalue weighted by Gasteiger charge is 2.07. The van der Waals surface area contributed by atoms with Gasteiger partial charge in [0.25, 0.3) is 0 Å². The van der Waals surface area contributed by atoms with Crippen molar-refractivity contribution in [2.24, 2.45) is 5.73 Å². The summed E-state index contributed by atoms with van der Waals surface area (Å²) in [5, 5.41) is 0. The molecule has 0 aliphatic heterocycles. The fourth-order valence-electron chi connectivity index (χ4n) is 1.52. The van der Waals surface area contributed by atoms with Crippen molar-refractivity contribution >= 4 is 5.97 Å². The van der Waals surface area contributed by atoms with Crippen LogP contribution in [0.25, 0.3) is 0 Å². The van der Waals surface area contributed by atoms with Crippen molar-refractivity contribution in [3.05, 3.63) is 23.8 Å². The quantitative estimate of drug-likeness (QED) is 0.738. The van der Waals surface area contributed by atoms with E-state index in [4.69, 9.17) is 15.2 Å². The third-order valence-electron chi connectivity index (χ3n) is 2.47. The zero-order chi connectivity index (χ0) is 13.4. The fraction of sp³-hybridized carbons (Fsp3) is 0.462. The molecule has 1 rings (SSSR count). The number of hydrogen-bond donors (Lipinski definition) is 1. The lowest BCUT2D eigenvalue weighted by Gasteiger charge is -2.12. The van der Waals surface area contributed by atoms with E-state index in [9.17, 15) is 4.79 Å². The molecule has 0 aliphatic carbocycles. The highest BCUT2D eigenvalue weighted by molar-refractivity contribution is 5.69. The molecule has 18 heavy (non-hydrogen) atoms. The van der Waals surface area contributed by atoms with Gasteiger partial charge in [0, 0.05) is 0 Å². The molecule has 0 fully saturated rings. The standard InChI is InChI=1S/C13H19NO4/c1-16-11-3-4-12(10(9-11)5-7-14)18-8-6-13(15)17-2/h3-4,9H,5-8,14H2,1-2H3. The Labute approximate surface area is 107 Å². The highest BCUT2D eigenvalue weighted by atomic mass is 16.5. The van der Waals surface area contributed by atoms with E-state index in [1.54, 1.807) is 7.11 Å². The van der Waals surface area contributed by atoms with Gasteiger partial charge in [-0.25, -0.2) is 0 Å². The first-order valence-corrected chi connectivity index (χ1v) is 5.78. The van der Waals surface area contributed by atoms with E-state index in [1.165, 1.54) is 7.11 Å². The van der Waals surface area contributed by atoms with Gasteiger partial charge in [-0.1, -0.05) is 0 Å². The number of rotatable bonds is 7. The van der Waals surface area contributed by atoms with Crippen molar-refractivity contribution in [1.29, 1.82) is 0 Å². The number of carbonyl (C=O) groups is 1. The Bertz CT molecular complexity index is 393. The number of nitrogens with two attached hydrogens (primary N) is 1. The van der Waals surface area contributed by atoms with Crippen LogP contribution < -0.4 is 15.2 Å². The van der Waals surface area contributed by atoms with Crippen molar-refractivity contribution in [2.45, 2.75) is 12.8 Å². The smallest absolute Gasteiger partial charge is 0.308 e. The molecule has 0 amide bonds. The lowest BCUT2D eigenvalue weighted by atomic mass is 10.1. The highest BCUT2D eigenvalue weighted by Crippen LogP contribution is 2.24. The summed E-state index contributed by atoms with van der Waals surface area (Å²) in [7, 11) is 2.97. The Morgan fingerprint density at radius 1 is 1.33 bits per heavy atom. The third kappa shape index (κ3) is 4.25. The van der Waals surface area contributed by atoms with Crippen molar-refractivity contribution in [2.75, 3.05) is 27.4 Å². The van der Waals surface area contributed by atoms with E-state index >= 15 is 0 Å². The topological polar surface area (TPSA) is 70.8 Å². The van der Waals surface area contributed by atoms with Crippen LogP contribution >= 0.6 is 0 Å². The van der Waals surface area contributed by atoms with Gasteiger partial charge in [-0.2, -0.15) is 0 Å². The van der Waals surface area contributed by atoms with Gasteiger partial charge in [-0.05, 0) is 36.7 Å². The van der Waals surface area contributed by atoms with Crippen molar-refractivity contribution < 1.29 is 19.0 Å². The molecule has 1 aromatic rings. The van der Waals surface area contributed by atoms with Gasteiger partial charge in [0.05, 0.1) is 27.2 Å². The average Bonchev–Trinajstić information content (AvgIpc) is 2.40. The molecule has 0 saturated carbocycles. The largest absolute Gasteiger partial charge is 0.497 e. The van der Waals surface area contributed by atoms with Gasteiger partial charge < -0.3 is 19.9 Å². The van der Waals surface area contributed by atoms with Gasteiger partial charge in [-0.15, -0.1) is 0 Å². The molecular formula is C13H19NO4. The normalized spacial score (nSPS) is 9.94. The Kier molecular flexibility index (Phi) is 6.00. The first kappa shape index (κ1) is 14.3. The summed E-state index contributed by atoms with van der Waals surface area (Å²) in [6.45, 7) is 0.817. The number of benzene rings is 1. The van der Waals surface area contributed by atoms with Crippen LogP contribution in [-0.2, 0) is 16.0 Å². The molecule has 0 unspecified atom stereocenters. The van der Waals surface area contributed by atoms with Gasteiger partial charge in [0.15, 0.2) is 0 Å². The van der Waals surface area contributed by atoms with Gasteiger partial charge >= 0.3 is 5.97 Å². The second-order valence-corrected chi connectivity index (χ2v) is 3.69. The Balaban J connectivity index is 2.65. The lowest BCUT2D eigenvalue weighted by Crippen LogP contribution is -2.10. The summed E-state index contributed by atoms with van der Waals surface area (Å²) in [6, 6.07) is 5.52. The third-order valence-corrected chi connectivity index (χ3v) is 2.47. The van der Waals surface area contributed by atoms with Crippen molar-refractivity contribution in [3.8, 4) is 11.5 Å². The number of hydrogen-bond acceptors (Lipinski definition) is 5. The molecule has 0 heterocycles. The molecular weight excluding hydrogens is 234 g/mol. The summed E-state index contributed by atoms with van der Waals surface area (Å²) in [5.74, 6) is 1.20. The predicted octanol–water partition coefficient (Wildman–Crippen LogP) is 1.14. The van der Waals surface area contributed by atoms with Crippen LogP contribution in [0.1, 0.15) is 12.0 Å². The Morgan fingerprint density at radius 2 is 2.11 bits per heavy atom. The zero-order valence-corrected chi connectivity index (χ0v) is 10.8. The Hall–Kier alpha value is -1.75. The second kappa shape index (κ2) is 7.55. The number of ether oxygens (including phenoxy) is 3. The Morgan fingerprint density at radius 3 is 2.72 bits per heavy atom. The van der Waals surface area contributed by atoms with Crippen LogP contribution in [0.2, 0.25) is 0 Å². The molecule has 2 N–H and O–H groups in total. The first-order chi connectivity index (χ1) is 8.71. The SMILES string of the molecule is COC(=O)CCOc1ccc(OC)cc1CCN. The molecule has 1 aromatic carbocycles. The van der Waals surface area contributed by atoms with E-state index < -0.39 is 0 Å². The molecule has 0 spiro atoms. The lowest BCUT2D eigenvalue weighted by molar-refractivity contribution is -0.141. The maximum Gasteiger partial charge on any atom is 0.308 e. The summed E-state index contributed by atoms with van der Waals surface area (Å²) in [5.41, 5.74) is 6.52. The molecule has 0 aromatic heterocycles.